The highest BCUT2D eigenvalue weighted by Gasteiger charge is 2.43. The number of likely N-dealkylation sites (tertiary alicyclic amines) is 1. The highest BCUT2D eigenvalue weighted by Crippen LogP contribution is 2.42. The van der Waals surface area contributed by atoms with Crippen LogP contribution in [-0.2, 0) is 9.59 Å². The maximum atomic E-state index is 13.5. The molecule has 1 aromatic rings. The van der Waals surface area contributed by atoms with E-state index in [1.54, 1.807) is 29.7 Å². The van der Waals surface area contributed by atoms with E-state index in [4.69, 9.17) is 0 Å². The van der Waals surface area contributed by atoms with Crippen LogP contribution in [0.4, 0.5) is 4.39 Å². The summed E-state index contributed by atoms with van der Waals surface area (Å²) >= 11 is 1.54. The molecule has 0 N–H and O–H groups in total. The molecule has 0 aliphatic carbocycles. The smallest absolute Gasteiger partial charge is 0.246 e. The topological polar surface area (TPSA) is 40.6 Å². The molecule has 1 aromatic carbocycles. The third-order valence-corrected chi connectivity index (χ3v) is 5.75. The molecule has 2 aliphatic heterocycles. The summed E-state index contributed by atoms with van der Waals surface area (Å²) in [6.45, 7) is 3.35. The van der Waals surface area contributed by atoms with Gasteiger partial charge in [0.25, 0.3) is 0 Å². The van der Waals surface area contributed by atoms with E-state index in [0.29, 0.717) is 12.2 Å². The Bertz CT molecular complexity index is 604. The second-order valence-corrected chi connectivity index (χ2v) is 7.06. The van der Waals surface area contributed by atoms with Crippen LogP contribution in [0.25, 0.3) is 0 Å². The van der Waals surface area contributed by atoms with Gasteiger partial charge in [0.05, 0.1) is 0 Å². The normalized spacial score (nSPS) is 24.3. The lowest BCUT2D eigenvalue weighted by Gasteiger charge is -2.31. The van der Waals surface area contributed by atoms with Crippen molar-refractivity contribution in [2.75, 3.05) is 18.8 Å². The summed E-state index contributed by atoms with van der Waals surface area (Å²) < 4.78 is 13.5. The van der Waals surface area contributed by atoms with Crippen molar-refractivity contribution in [3.63, 3.8) is 0 Å². The molecule has 0 bridgehead atoms. The Kier molecular flexibility index (Phi) is 4.90. The lowest BCUT2D eigenvalue weighted by Crippen LogP contribution is -2.48. The van der Waals surface area contributed by atoms with Crippen molar-refractivity contribution in [3.8, 4) is 0 Å². The van der Waals surface area contributed by atoms with Crippen LogP contribution in [0.2, 0.25) is 0 Å². The summed E-state index contributed by atoms with van der Waals surface area (Å²) in [5, 5.41) is -0.283. The molecule has 2 unspecified atom stereocenters. The molecule has 2 saturated heterocycles. The standard InChI is InChI=1S/C17H21FN2O2S/c1-2-15(21)20-14(16(22)19-8-3-4-9-19)11-23-17(20)12-6-5-7-13(18)10-12/h5-7,10,14,17H,2-4,8-9,11H2,1H3. The van der Waals surface area contributed by atoms with E-state index in [0.717, 1.165) is 31.5 Å². The van der Waals surface area contributed by atoms with Crippen molar-refractivity contribution in [1.29, 1.82) is 0 Å². The average molecular weight is 336 g/mol. The highest BCUT2D eigenvalue weighted by molar-refractivity contribution is 7.99. The summed E-state index contributed by atoms with van der Waals surface area (Å²) in [6.07, 6.45) is 2.40. The zero-order valence-corrected chi connectivity index (χ0v) is 14.0. The molecule has 0 saturated carbocycles. The van der Waals surface area contributed by atoms with E-state index in [-0.39, 0.29) is 23.0 Å². The Balaban J connectivity index is 1.86. The van der Waals surface area contributed by atoms with E-state index < -0.39 is 6.04 Å². The lowest BCUT2D eigenvalue weighted by atomic mass is 10.1. The maximum Gasteiger partial charge on any atom is 0.246 e. The van der Waals surface area contributed by atoms with Gasteiger partial charge in [0.15, 0.2) is 0 Å². The van der Waals surface area contributed by atoms with Crippen molar-refractivity contribution in [2.24, 2.45) is 0 Å². The van der Waals surface area contributed by atoms with Crippen LogP contribution in [0.1, 0.15) is 37.1 Å². The SMILES string of the molecule is CCC(=O)N1C(C(=O)N2CCCC2)CSC1c1cccc(F)c1. The molecule has 4 nitrogen and oxygen atoms in total. The van der Waals surface area contributed by atoms with Gasteiger partial charge in [-0.2, -0.15) is 0 Å². The van der Waals surface area contributed by atoms with Gasteiger partial charge in [-0.3, -0.25) is 9.59 Å². The first-order chi connectivity index (χ1) is 11.1. The van der Waals surface area contributed by atoms with E-state index >= 15 is 0 Å². The Morgan fingerprint density at radius 1 is 1.30 bits per heavy atom. The third-order valence-electron chi connectivity index (χ3n) is 4.43. The average Bonchev–Trinajstić information content (AvgIpc) is 3.23. The maximum absolute atomic E-state index is 13.5. The van der Waals surface area contributed by atoms with Crippen LogP contribution in [0.5, 0.6) is 0 Å². The van der Waals surface area contributed by atoms with Crippen molar-refractivity contribution in [3.05, 3.63) is 35.6 Å². The number of thioether (sulfide) groups is 1. The molecule has 23 heavy (non-hydrogen) atoms. The molecular formula is C17H21FN2O2S. The number of halogens is 1. The molecule has 0 radical (unpaired) electrons. The molecule has 2 amide bonds. The second kappa shape index (κ2) is 6.91. The Morgan fingerprint density at radius 3 is 2.70 bits per heavy atom. The van der Waals surface area contributed by atoms with Crippen LogP contribution in [0, 0.1) is 5.82 Å². The number of benzene rings is 1. The van der Waals surface area contributed by atoms with Gasteiger partial charge in [-0.15, -0.1) is 11.8 Å². The minimum atomic E-state index is -0.432. The number of carbonyl (C=O) groups is 2. The van der Waals surface area contributed by atoms with Crippen LogP contribution in [0.3, 0.4) is 0 Å². The van der Waals surface area contributed by atoms with Crippen LogP contribution in [-0.4, -0.2) is 46.5 Å². The van der Waals surface area contributed by atoms with Crippen molar-refractivity contribution in [2.45, 2.75) is 37.6 Å². The summed E-state index contributed by atoms with van der Waals surface area (Å²) in [5.41, 5.74) is 0.744. The number of nitrogens with zero attached hydrogens (tertiary/aromatic N) is 2. The monoisotopic (exact) mass is 336 g/mol. The summed E-state index contributed by atoms with van der Waals surface area (Å²) in [6, 6.07) is 5.88. The Hall–Kier alpha value is -1.56. The molecule has 2 aliphatic rings. The van der Waals surface area contributed by atoms with Gasteiger partial charge < -0.3 is 9.80 Å². The Morgan fingerprint density at radius 2 is 2.04 bits per heavy atom. The summed E-state index contributed by atoms with van der Waals surface area (Å²) in [7, 11) is 0. The highest BCUT2D eigenvalue weighted by atomic mass is 32.2. The van der Waals surface area contributed by atoms with E-state index in [2.05, 4.69) is 0 Å². The molecule has 2 heterocycles. The number of hydrogen-bond acceptors (Lipinski definition) is 3. The molecule has 0 spiro atoms. The molecule has 2 atom stereocenters. The second-order valence-electron chi connectivity index (χ2n) is 5.94. The number of carbonyl (C=O) groups excluding carboxylic acids is 2. The molecule has 3 rings (SSSR count). The van der Waals surface area contributed by atoms with Crippen LogP contribution >= 0.6 is 11.8 Å². The van der Waals surface area contributed by atoms with Crippen molar-refractivity contribution in [1.82, 2.24) is 9.80 Å². The lowest BCUT2D eigenvalue weighted by molar-refractivity contribution is -0.144. The minimum absolute atomic E-state index is 0.0377. The number of amides is 2. The molecule has 2 fully saturated rings. The predicted molar refractivity (Wildman–Crippen MR) is 88.3 cm³/mol. The van der Waals surface area contributed by atoms with Gasteiger partial charge in [0.1, 0.15) is 17.2 Å². The molecule has 0 aromatic heterocycles. The quantitative estimate of drug-likeness (QED) is 0.852. The first kappa shape index (κ1) is 16.3. The van der Waals surface area contributed by atoms with Gasteiger partial charge in [0, 0.05) is 25.3 Å². The van der Waals surface area contributed by atoms with E-state index in [1.165, 1.54) is 12.1 Å². The number of rotatable bonds is 3. The van der Waals surface area contributed by atoms with Crippen LogP contribution in [0.15, 0.2) is 24.3 Å². The first-order valence-corrected chi connectivity index (χ1v) is 9.13. The fourth-order valence-corrected chi connectivity index (χ4v) is 4.68. The van der Waals surface area contributed by atoms with Gasteiger partial charge >= 0.3 is 0 Å². The van der Waals surface area contributed by atoms with Crippen molar-refractivity contribution >= 4 is 23.6 Å². The third kappa shape index (κ3) is 3.22. The number of hydrogen-bond donors (Lipinski definition) is 0. The molecular weight excluding hydrogens is 315 g/mol. The summed E-state index contributed by atoms with van der Waals surface area (Å²) in [4.78, 5) is 28.8. The summed E-state index contributed by atoms with van der Waals surface area (Å²) in [5.74, 6) is 0.237. The van der Waals surface area contributed by atoms with E-state index in [9.17, 15) is 14.0 Å². The Labute approximate surface area is 140 Å². The van der Waals surface area contributed by atoms with Gasteiger partial charge in [-0.05, 0) is 30.5 Å². The minimum Gasteiger partial charge on any atom is -0.341 e. The van der Waals surface area contributed by atoms with Crippen molar-refractivity contribution < 1.29 is 14.0 Å². The zero-order chi connectivity index (χ0) is 16.4. The first-order valence-electron chi connectivity index (χ1n) is 8.09. The fourth-order valence-electron chi connectivity index (χ4n) is 3.25. The van der Waals surface area contributed by atoms with Crippen LogP contribution < -0.4 is 0 Å². The largest absolute Gasteiger partial charge is 0.341 e. The zero-order valence-electron chi connectivity index (χ0n) is 13.2. The van der Waals surface area contributed by atoms with E-state index in [1.807, 2.05) is 11.0 Å². The fraction of sp³-hybridized carbons (Fsp3) is 0.529. The van der Waals surface area contributed by atoms with Gasteiger partial charge in [-0.1, -0.05) is 19.1 Å². The van der Waals surface area contributed by atoms with Gasteiger partial charge in [-0.25, -0.2) is 4.39 Å². The van der Waals surface area contributed by atoms with Gasteiger partial charge in [0.2, 0.25) is 11.8 Å². The predicted octanol–water partition coefficient (Wildman–Crippen LogP) is 2.80. The molecule has 124 valence electrons. The molecule has 6 heteroatoms.